The van der Waals surface area contributed by atoms with Gasteiger partial charge in [0.15, 0.2) is 5.65 Å². The maximum atomic E-state index is 14.1. The van der Waals surface area contributed by atoms with E-state index in [1.54, 1.807) is 6.20 Å². The first-order chi connectivity index (χ1) is 16.0. The number of nitrogens with zero attached hydrogens (tertiary/aromatic N) is 4. The molecule has 0 spiro atoms. The van der Waals surface area contributed by atoms with Gasteiger partial charge in [0.2, 0.25) is 5.91 Å². The SMILES string of the molecule is Cc1cc(C)cc(C2(C(=O)N3CCCC(Cc4cn5ccnc5cn4)CC3)CCOCC2)c1. The van der Waals surface area contributed by atoms with E-state index in [-0.39, 0.29) is 0 Å². The first-order valence-corrected chi connectivity index (χ1v) is 12.3. The standard InChI is InChI=1S/C27H34N4O2/c1-20-14-21(2)16-23(15-20)27(6-12-33-13-7-27)26(32)30-9-3-4-22(5-10-30)17-24-19-31-11-8-28-25(31)18-29-24/h8,11,14-16,18-19,22H,3-7,9-10,12-13,17H2,1-2H3. The molecule has 1 unspecified atom stereocenters. The number of likely N-dealkylation sites (tertiary alicyclic amines) is 1. The van der Waals surface area contributed by atoms with Gasteiger partial charge in [-0.05, 0) is 63.9 Å². The van der Waals surface area contributed by atoms with Gasteiger partial charge in [-0.15, -0.1) is 0 Å². The summed E-state index contributed by atoms with van der Waals surface area (Å²) in [4.78, 5) is 25.1. The maximum Gasteiger partial charge on any atom is 0.233 e. The van der Waals surface area contributed by atoms with E-state index in [0.29, 0.717) is 25.0 Å². The third kappa shape index (κ3) is 4.54. The van der Waals surface area contributed by atoms with Crippen LogP contribution in [0.2, 0.25) is 0 Å². The lowest BCUT2D eigenvalue weighted by molar-refractivity contribution is -0.141. The minimum Gasteiger partial charge on any atom is -0.381 e. The molecule has 0 aliphatic carbocycles. The fourth-order valence-electron chi connectivity index (χ4n) is 5.74. The number of fused-ring (bicyclic) bond motifs is 1. The van der Waals surface area contributed by atoms with E-state index in [0.717, 1.165) is 63.0 Å². The lowest BCUT2D eigenvalue weighted by Crippen LogP contribution is -2.50. The molecule has 1 aromatic carbocycles. The molecule has 33 heavy (non-hydrogen) atoms. The van der Waals surface area contributed by atoms with Crippen molar-refractivity contribution in [3.05, 3.63) is 65.4 Å². The van der Waals surface area contributed by atoms with Gasteiger partial charge in [-0.3, -0.25) is 9.78 Å². The number of benzene rings is 1. The number of carbonyl (C=O) groups is 1. The van der Waals surface area contributed by atoms with Crippen molar-refractivity contribution in [3.8, 4) is 0 Å². The Morgan fingerprint density at radius 3 is 2.67 bits per heavy atom. The van der Waals surface area contributed by atoms with E-state index < -0.39 is 5.41 Å². The average Bonchev–Trinajstić information content (AvgIpc) is 3.16. The predicted octanol–water partition coefficient (Wildman–Crippen LogP) is 4.27. The first kappa shape index (κ1) is 22.1. The quantitative estimate of drug-likeness (QED) is 0.601. The number of imidazole rings is 1. The molecule has 6 heteroatoms. The number of hydrogen-bond donors (Lipinski definition) is 0. The summed E-state index contributed by atoms with van der Waals surface area (Å²) in [6, 6.07) is 6.62. The molecule has 0 radical (unpaired) electrons. The Bertz CT molecular complexity index is 1110. The zero-order chi connectivity index (χ0) is 22.8. The normalized spacial score (nSPS) is 21.2. The van der Waals surface area contributed by atoms with Crippen molar-refractivity contribution in [2.75, 3.05) is 26.3 Å². The van der Waals surface area contributed by atoms with Crippen molar-refractivity contribution in [1.29, 1.82) is 0 Å². The summed E-state index contributed by atoms with van der Waals surface area (Å²) in [6.07, 6.45) is 13.4. The number of amides is 1. The monoisotopic (exact) mass is 446 g/mol. The molecule has 2 aliphatic heterocycles. The van der Waals surface area contributed by atoms with Gasteiger partial charge in [0.25, 0.3) is 0 Å². The van der Waals surface area contributed by atoms with Crippen molar-refractivity contribution in [2.24, 2.45) is 5.92 Å². The molecular weight excluding hydrogens is 412 g/mol. The minimum absolute atomic E-state index is 0.300. The van der Waals surface area contributed by atoms with Gasteiger partial charge in [0.1, 0.15) is 0 Å². The van der Waals surface area contributed by atoms with Crippen molar-refractivity contribution >= 4 is 11.6 Å². The van der Waals surface area contributed by atoms with Crippen LogP contribution in [0.25, 0.3) is 5.65 Å². The summed E-state index contributed by atoms with van der Waals surface area (Å²) in [5.41, 5.74) is 5.14. The second-order valence-electron chi connectivity index (χ2n) is 9.94. The largest absolute Gasteiger partial charge is 0.381 e. The van der Waals surface area contributed by atoms with Crippen LogP contribution >= 0.6 is 0 Å². The molecule has 2 aliphatic rings. The van der Waals surface area contributed by atoms with Crippen LogP contribution in [0, 0.1) is 19.8 Å². The molecule has 0 N–H and O–H groups in total. The number of rotatable bonds is 4. The van der Waals surface area contributed by atoms with Gasteiger partial charge >= 0.3 is 0 Å². The summed E-state index contributed by atoms with van der Waals surface area (Å²) >= 11 is 0. The fourth-order valence-corrected chi connectivity index (χ4v) is 5.74. The number of aryl methyl sites for hydroxylation is 2. The van der Waals surface area contributed by atoms with E-state index in [4.69, 9.17) is 4.74 Å². The lowest BCUT2D eigenvalue weighted by atomic mass is 9.72. The Kier molecular flexibility index (Phi) is 6.19. The van der Waals surface area contributed by atoms with Crippen LogP contribution in [0.5, 0.6) is 0 Å². The summed E-state index contributed by atoms with van der Waals surface area (Å²) in [5, 5.41) is 0. The zero-order valence-electron chi connectivity index (χ0n) is 19.8. The Morgan fingerprint density at radius 2 is 1.88 bits per heavy atom. The average molecular weight is 447 g/mol. The van der Waals surface area contributed by atoms with E-state index >= 15 is 0 Å². The highest BCUT2D eigenvalue weighted by atomic mass is 16.5. The van der Waals surface area contributed by atoms with Crippen LogP contribution in [-0.2, 0) is 21.4 Å². The Hall–Kier alpha value is -2.73. The van der Waals surface area contributed by atoms with Crippen LogP contribution in [0.3, 0.4) is 0 Å². The van der Waals surface area contributed by atoms with E-state index in [2.05, 4.69) is 53.1 Å². The van der Waals surface area contributed by atoms with E-state index in [1.807, 2.05) is 16.8 Å². The molecule has 1 amide bonds. The highest BCUT2D eigenvalue weighted by molar-refractivity contribution is 5.88. The van der Waals surface area contributed by atoms with Gasteiger partial charge in [-0.1, -0.05) is 29.3 Å². The molecule has 1 atom stereocenters. The third-order valence-electron chi connectivity index (χ3n) is 7.50. The Labute approximate surface area is 196 Å². The van der Waals surface area contributed by atoms with Crippen LogP contribution in [0.15, 0.2) is 43.0 Å². The molecule has 0 saturated carbocycles. The second-order valence-corrected chi connectivity index (χ2v) is 9.94. The van der Waals surface area contributed by atoms with Gasteiger partial charge in [0.05, 0.1) is 17.3 Å². The number of hydrogen-bond acceptors (Lipinski definition) is 4. The van der Waals surface area contributed by atoms with Crippen molar-refractivity contribution < 1.29 is 9.53 Å². The molecule has 3 aromatic rings. The summed E-state index contributed by atoms with van der Waals surface area (Å²) in [5.74, 6) is 0.845. The Balaban J connectivity index is 1.32. The minimum atomic E-state index is -0.455. The molecule has 174 valence electrons. The molecule has 4 heterocycles. The summed E-state index contributed by atoms with van der Waals surface area (Å²) in [7, 11) is 0. The third-order valence-corrected chi connectivity index (χ3v) is 7.50. The molecule has 5 rings (SSSR count). The van der Waals surface area contributed by atoms with Crippen molar-refractivity contribution in [3.63, 3.8) is 0 Å². The molecular formula is C27H34N4O2. The summed E-state index contributed by atoms with van der Waals surface area (Å²) in [6.45, 7) is 7.22. The topological polar surface area (TPSA) is 59.7 Å². The number of aromatic nitrogens is 3. The van der Waals surface area contributed by atoms with Crippen LogP contribution in [-0.4, -0.2) is 51.5 Å². The van der Waals surface area contributed by atoms with Crippen LogP contribution in [0.4, 0.5) is 0 Å². The molecule has 2 aromatic heterocycles. The van der Waals surface area contributed by atoms with Crippen molar-refractivity contribution in [2.45, 2.75) is 57.8 Å². The smallest absolute Gasteiger partial charge is 0.233 e. The lowest BCUT2D eigenvalue weighted by Gasteiger charge is -2.40. The Morgan fingerprint density at radius 1 is 1.09 bits per heavy atom. The maximum absolute atomic E-state index is 14.1. The molecule has 6 nitrogen and oxygen atoms in total. The fraction of sp³-hybridized carbons (Fsp3) is 0.519. The highest BCUT2D eigenvalue weighted by Crippen LogP contribution is 2.38. The molecule has 2 saturated heterocycles. The first-order valence-electron chi connectivity index (χ1n) is 12.3. The van der Waals surface area contributed by atoms with E-state index in [9.17, 15) is 4.79 Å². The van der Waals surface area contributed by atoms with Gasteiger partial charge in [-0.2, -0.15) is 0 Å². The predicted molar refractivity (Wildman–Crippen MR) is 128 cm³/mol. The second kappa shape index (κ2) is 9.26. The van der Waals surface area contributed by atoms with Crippen LogP contribution in [0.1, 0.15) is 54.5 Å². The molecule has 2 fully saturated rings. The summed E-state index contributed by atoms with van der Waals surface area (Å²) < 4.78 is 7.73. The van der Waals surface area contributed by atoms with Gasteiger partial charge in [-0.25, -0.2) is 4.98 Å². The molecule has 0 bridgehead atoms. The van der Waals surface area contributed by atoms with Gasteiger partial charge < -0.3 is 14.0 Å². The zero-order valence-corrected chi connectivity index (χ0v) is 19.8. The van der Waals surface area contributed by atoms with Gasteiger partial charge in [0, 0.05) is 44.9 Å². The number of carbonyl (C=O) groups excluding carboxylic acids is 1. The van der Waals surface area contributed by atoms with E-state index in [1.165, 1.54) is 16.7 Å². The van der Waals surface area contributed by atoms with Crippen molar-refractivity contribution in [1.82, 2.24) is 19.3 Å². The highest BCUT2D eigenvalue weighted by Gasteiger charge is 2.44. The number of ether oxygens (including phenoxy) is 1. The van der Waals surface area contributed by atoms with Crippen LogP contribution < -0.4 is 0 Å².